The fourth-order valence-corrected chi connectivity index (χ4v) is 4.76. The van der Waals surface area contributed by atoms with Crippen LogP contribution in [0.4, 0.5) is 5.69 Å². The number of aryl methyl sites for hydroxylation is 2. The summed E-state index contributed by atoms with van der Waals surface area (Å²) in [6, 6.07) is 6.07. The number of likely N-dealkylation sites (tertiary alicyclic amines) is 2. The molecule has 0 aromatic heterocycles. The Morgan fingerprint density at radius 2 is 1.81 bits per heavy atom. The maximum atomic E-state index is 12.9. The van der Waals surface area contributed by atoms with E-state index in [1.165, 1.54) is 0 Å². The Labute approximate surface area is 163 Å². The molecule has 2 heterocycles. The zero-order chi connectivity index (χ0) is 19.4. The molecule has 1 N–H and O–H groups in total. The van der Waals surface area contributed by atoms with Crippen LogP contribution in [0.2, 0.25) is 0 Å². The highest BCUT2D eigenvalue weighted by Gasteiger charge is 2.40. The predicted octanol–water partition coefficient (Wildman–Crippen LogP) is 3.11. The standard InChI is InChI=1S/C22H33N3O2/c1-4-25(16-20(26)23-21-17(2)9-7-10-18(21)3)14-8-11-19(15-25)22(27)24-12-5-6-13-24/h7,9-10,19H,4-6,8,11-16H2,1-3H3/p+1. The maximum Gasteiger partial charge on any atom is 0.279 e. The molecule has 1 aromatic carbocycles. The van der Waals surface area contributed by atoms with E-state index >= 15 is 0 Å². The summed E-state index contributed by atoms with van der Waals surface area (Å²) in [7, 11) is 0. The van der Waals surface area contributed by atoms with Crippen molar-refractivity contribution in [2.75, 3.05) is 44.6 Å². The van der Waals surface area contributed by atoms with Gasteiger partial charge in [-0.15, -0.1) is 0 Å². The quantitative estimate of drug-likeness (QED) is 0.808. The van der Waals surface area contributed by atoms with Gasteiger partial charge < -0.3 is 14.7 Å². The fourth-order valence-electron chi connectivity index (χ4n) is 4.76. The van der Waals surface area contributed by atoms with Gasteiger partial charge >= 0.3 is 0 Å². The van der Waals surface area contributed by atoms with E-state index in [9.17, 15) is 9.59 Å². The van der Waals surface area contributed by atoms with E-state index < -0.39 is 0 Å². The van der Waals surface area contributed by atoms with Crippen LogP contribution in [0, 0.1) is 19.8 Å². The lowest BCUT2D eigenvalue weighted by Gasteiger charge is -2.43. The Morgan fingerprint density at radius 1 is 1.15 bits per heavy atom. The van der Waals surface area contributed by atoms with Gasteiger partial charge in [-0.05, 0) is 57.6 Å². The van der Waals surface area contributed by atoms with E-state index in [0.717, 1.165) is 79.7 Å². The van der Waals surface area contributed by atoms with Crippen molar-refractivity contribution in [2.45, 2.75) is 46.5 Å². The van der Waals surface area contributed by atoms with Gasteiger partial charge in [0, 0.05) is 18.8 Å². The highest BCUT2D eigenvalue weighted by atomic mass is 16.2. The number of likely N-dealkylation sites (N-methyl/N-ethyl adjacent to an activating group) is 1. The molecule has 0 saturated carbocycles. The van der Waals surface area contributed by atoms with Gasteiger partial charge in [-0.2, -0.15) is 0 Å². The number of benzene rings is 1. The molecule has 0 aliphatic carbocycles. The number of amides is 2. The Kier molecular flexibility index (Phi) is 6.20. The maximum absolute atomic E-state index is 12.9. The van der Waals surface area contributed by atoms with E-state index in [1.807, 2.05) is 36.9 Å². The van der Waals surface area contributed by atoms with E-state index in [-0.39, 0.29) is 11.8 Å². The van der Waals surface area contributed by atoms with Crippen molar-refractivity contribution < 1.29 is 14.1 Å². The van der Waals surface area contributed by atoms with Crippen molar-refractivity contribution in [1.82, 2.24) is 4.90 Å². The molecule has 1 aromatic rings. The normalized spacial score (nSPS) is 25.4. The third-order valence-electron chi connectivity index (χ3n) is 6.46. The number of rotatable bonds is 5. The van der Waals surface area contributed by atoms with Crippen LogP contribution in [-0.2, 0) is 9.59 Å². The summed E-state index contributed by atoms with van der Waals surface area (Å²) >= 11 is 0. The second-order valence-corrected chi connectivity index (χ2v) is 8.41. The number of carbonyl (C=O) groups is 2. The number of hydrogen-bond donors (Lipinski definition) is 1. The first-order valence-corrected chi connectivity index (χ1v) is 10.4. The number of para-hydroxylation sites is 1. The van der Waals surface area contributed by atoms with Crippen molar-refractivity contribution in [1.29, 1.82) is 0 Å². The Morgan fingerprint density at radius 3 is 2.44 bits per heavy atom. The molecule has 5 heteroatoms. The molecular formula is C22H34N3O2+. The molecule has 0 spiro atoms. The molecule has 2 aliphatic heterocycles. The highest BCUT2D eigenvalue weighted by molar-refractivity contribution is 5.93. The van der Waals surface area contributed by atoms with Gasteiger partial charge in [-0.1, -0.05) is 18.2 Å². The minimum absolute atomic E-state index is 0.0588. The summed E-state index contributed by atoms with van der Waals surface area (Å²) in [4.78, 5) is 27.8. The average Bonchev–Trinajstić information content (AvgIpc) is 3.19. The zero-order valence-electron chi connectivity index (χ0n) is 17.1. The number of hydrogen-bond acceptors (Lipinski definition) is 2. The second kappa shape index (κ2) is 8.42. The summed E-state index contributed by atoms with van der Waals surface area (Å²) < 4.78 is 0.723. The number of quaternary nitrogens is 1. The van der Waals surface area contributed by atoms with E-state index in [1.54, 1.807) is 0 Å². The molecule has 0 bridgehead atoms. The van der Waals surface area contributed by atoms with E-state index in [4.69, 9.17) is 0 Å². The van der Waals surface area contributed by atoms with Crippen LogP contribution in [0.25, 0.3) is 0 Å². The van der Waals surface area contributed by atoms with Gasteiger partial charge in [-0.25, -0.2) is 0 Å². The topological polar surface area (TPSA) is 49.4 Å². The Hall–Kier alpha value is -1.88. The molecule has 5 nitrogen and oxygen atoms in total. The van der Waals surface area contributed by atoms with Gasteiger partial charge in [0.1, 0.15) is 0 Å². The van der Waals surface area contributed by atoms with Crippen LogP contribution in [0.15, 0.2) is 18.2 Å². The third kappa shape index (κ3) is 4.52. The molecule has 2 saturated heterocycles. The number of piperidine rings is 1. The van der Waals surface area contributed by atoms with Crippen LogP contribution < -0.4 is 5.32 Å². The number of nitrogens with zero attached hydrogens (tertiary/aromatic N) is 2. The van der Waals surface area contributed by atoms with Gasteiger partial charge in [0.2, 0.25) is 5.91 Å². The molecule has 148 valence electrons. The first kappa shape index (κ1) is 19.9. The van der Waals surface area contributed by atoms with Crippen molar-refractivity contribution in [2.24, 2.45) is 5.92 Å². The molecule has 2 amide bonds. The van der Waals surface area contributed by atoms with Crippen LogP contribution in [0.1, 0.15) is 43.7 Å². The molecule has 2 atom stereocenters. The van der Waals surface area contributed by atoms with Gasteiger partial charge in [0.15, 0.2) is 6.54 Å². The minimum Gasteiger partial charge on any atom is -0.342 e. The highest BCUT2D eigenvalue weighted by Crippen LogP contribution is 2.27. The first-order valence-electron chi connectivity index (χ1n) is 10.4. The molecule has 3 rings (SSSR count). The summed E-state index contributed by atoms with van der Waals surface area (Å²) in [5, 5.41) is 3.13. The lowest BCUT2D eigenvalue weighted by atomic mass is 9.94. The molecule has 2 fully saturated rings. The SMILES string of the molecule is CC[N+]1(CC(=O)Nc2c(C)cccc2C)CCCC(C(=O)N2CCCC2)C1. The molecule has 27 heavy (non-hydrogen) atoms. The van der Waals surface area contributed by atoms with Crippen molar-refractivity contribution in [3.8, 4) is 0 Å². The van der Waals surface area contributed by atoms with Crippen LogP contribution in [0.5, 0.6) is 0 Å². The lowest BCUT2D eigenvalue weighted by molar-refractivity contribution is -0.925. The summed E-state index contributed by atoms with van der Waals surface area (Å²) in [5.41, 5.74) is 3.11. The van der Waals surface area contributed by atoms with Crippen LogP contribution >= 0.6 is 0 Å². The first-order chi connectivity index (χ1) is 12.9. The average molecular weight is 373 g/mol. The van der Waals surface area contributed by atoms with Crippen molar-refractivity contribution >= 4 is 17.5 Å². The molecule has 2 aliphatic rings. The Bertz CT molecular complexity index is 677. The van der Waals surface area contributed by atoms with Crippen LogP contribution in [-0.4, -0.2) is 60.5 Å². The van der Waals surface area contributed by atoms with E-state index in [2.05, 4.69) is 12.2 Å². The monoisotopic (exact) mass is 372 g/mol. The third-order valence-corrected chi connectivity index (χ3v) is 6.46. The largest absolute Gasteiger partial charge is 0.342 e. The van der Waals surface area contributed by atoms with Crippen molar-refractivity contribution in [3.05, 3.63) is 29.3 Å². The summed E-state index contributed by atoms with van der Waals surface area (Å²) in [6.07, 6.45) is 4.25. The fraction of sp³-hybridized carbons (Fsp3) is 0.636. The molecular weight excluding hydrogens is 338 g/mol. The predicted molar refractivity (Wildman–Crippen MR) is 108 cm³/mol. The van der Waals surface area contributed by atoms with Gasteiger partial charge in [0.05, 0.1) is 25.6 Å². The smallest absolute Gasteiger partial charge is 0.279 e. The summed E-state index contributed by atoms with van der Waals surface area (Å²) in [6.45, 7) is 11.2. The molecule has 2 unspecified atom stereocenters. The van der Waals surface area contributed by atoms with Gasteiger partial charge in [-0.3, -0.25) is 9.59 Å². The molecule has 0 radical (unpaired) electrons. The lowest BCUT2D eigenvalue weighted by Crippen LogP contribution is -2.59. The number of carbonyl (C=O) groups excluding carboxylic acids is 2. The Balaban J connectivity index is 1.67. The van der Waals surface area contributed by atoms with E-state index in [0.29, 0.717) is 12.5 Å². The number of anilines is 1. The van der Waals surface area contributed by atoms with Gasteiger partial charge in [0.25, 0.3) is 5.91 Å². The number of nitrogens with one attached hydrogen (secondary N) is 1. The van der Waals surface area contributed by atoms with Crippen molar-refractivity contribution in [3.63, 3.8) is 0 Å². The van der Waals surface area contributed by atoms with Crippen LogP contribution in [0.3, 0.4) is 0 Å². The minimum atomic E-state index is 0.0588. The second-order valence-electron chi connectivity index (χ2n) is 8.41. The summed E-state index contributed by atoms with van der Waals surface area (Å²) in [5.74, 6) is 0.451. The zero-order valence-corrected chi connectivity index (χ0v) is 17.1.